The summed E-state index contributed by atoms with van der Waals surface area (Å²) in [5, 5.41) is 24.2. The van der Waals surface area contributed by atoms with Crippen LogP contribution in [0.4, 0.5) is 0 Å². The van der Waals surface area contributed by atoms with E-state index < -0.39 is 11.9 Å². The molecular formula is C20H21NO4. The molecule has 1 atom stereocenters. The zero-order valence-corrected chi connectivity index (χ0v) is 14.3. The normalized spacial score (nSPS) is 13.6. The summed E-state index contributed by atoms with van der Waals surface area (Å²) in [6.07, 6.45) is 0.719. The lowest BCUT2D eigenvalue weighted by atomic mass is 9.90. The molecule has 0 saturated heterocycles. The van der Waals surface area contributed by atoms with E-state index in [2.05, 4.69) is 5.16 Å². The number of oxime groups is 1. The average molecular weight is 339 g/mol. The van der Waals surface area contributed by atoms with Crippen molar-refractivity contribution in [2.75, 3.05) is 0 Å². The van der Waals surface area contributed by atoms with E-state index in [0.29, 0.717) is 17.7 Å². The van der Waals surface area contributed by atoms with Gasteiger partial charge in [-0.2, -0.15) is 0 Å². The van der Waals surface area contributed by atoms with E-state index in [-0.39, 0.29) is 12.3 Å². The molecule has 25 heavy (non-hydrogen) atoms. The first kappa shape index (κ1) is 17.0. The number of fused-ring (bicyclic) bond motifs is 3. The van der Waals surface area contributed by atoms with Gasteiger partial charge in [0.2, 0.25) is 0 Å². The van der Waals surface area contributed by atoms with Gasteiger partial charge < -0.3 is 14.7 Å². The molecule has 1 aromatic heterocycles. The molecule has 0 aliphatic rings. The van der Waals surface area contributed by atoms with Gasteiger partial charge in [0.15, 0.2) is 0 Å². The van der Waals surface area contributed by atoms with Crippen molar-refractivity contribution < 1.29 is 19.5 Å². The Morgan fingerprint density at radius 3 is 2.52 bits per heavy atom. The van der Waals surface area contributed by atoms with Crippen LogP contribution in [0, 0.1) is 11.8 Å². The fourth-order valence-electron chi connectivity index (χ4n) is 3.20. The fourth-order valence-corrected chi connectivity index (χ4v) is 3.20. The van der Waals surface area contributed by atoms with Gasteiger partial charge in [0, 0.05) is 22.8 Å². The molecule has 130 valence electrons. The summed E-state index contributed by atoms with van der Waals surface area (Å²) in [6, 6.07) is 13.2. The first-order chi connectivity index (χ1) is 12.0. The molecule has 0 spiro atoms. The molecule has 0 aliphatic carbocycles. The molecule has 0 fully saturated rings. The van der Waals surface area contributed by atoms with Gasteiger partial charge >= 0.3 is 5.97 Å². The van der Waals surface area contributed by atoms with Crippen LogP contribution < -0.4 is 0 Å². The summed E-state index contributed by atoms with van der Waals surface area (Å²) in [7, 11) is 0. The number of carbonyl (C=O) groups is 1. The maximum Gasteiger partial charge on any atom is 0.306 e. The average Bonchev–Trinajstić information content (AvgIpc) is 2.96. The Balaban J connectivity index is 1.98. The second kappa shape index (κ2) is 6.97. The number of carboxylic acids is 1. The van der Waals surface area contributed by atoms with Crippen LogP contribution in [0.5, 0.6) is 0 Å². The number of benzene rings is 2. The Labute approximate surface area is 145 Å². The summed E-state index contributed by atoms with van der Waals surface area (Å²) >= 11 is 0. The van der Waals surface area contributed by atoms with E-state index in [4.69, 9.17) is 4.42 Å². The van der Waals surface area contributed by atoms with Crippen molar-refractivity contribution >= 4 is 33.6 Å². The van der Waals surface area contributed by atoms with E-state index in [1.165, 1.54) is 0 Å². The Morgan fingerprint density at radius 2 is 1.84 bits per heavy atom. The standard InChI is InChI=1S/C20H21NO4/c1-12(2)9-14(20(22)23)11-17(21-24)13-7-8-19-16(10-13)15-5-3-4-6-18(15)25-19/h3-8,10,12,14,24H,9,11H2,1-2H3,(H,22,23)/b21-17+. The summed E-state index contributed by atoms with van der Waals surface area (Å²) in [4.78, 5) is 11.5. The number of rotatable bonds is 6. The molecule has 0 amide bonds. The van der Waals surface area contributed by atoms with Crippen LogP contribution in [0.15, 0.2) is 52.0 Å². The molecule has 2 N–H and O–H groups in total. The van der Waals surface area contributed by atoms with Crippen LogP contribution in [0.2, 0.25) is 0 Å². The summed E-state index contributed by atoms with van der Waals surface area (Å²) in [6.45, 7) is 3.96. The minimum absolute atomic E-state index is 0.186. The number of hydrogen-bond donors (Lipinski definition) is 2. The molecule has 0 aliphatic heterocycles. The van der Waals surface area contributed by atoms with Crippen LogP contribution in [-0.4, -0.2) is 22.0 Å². The maximum atomic E-state index is 11.5. The first-order valence-electron chi connectivity index (χ1n) is 8.35. The molecule has 1 heterocycles. The molecule has 5 heteroatoms. The maximum absolute atomic E-state index is 11.5. The summed E-state index contributed by atoms with van der Waals surface area (Å²) in [5.41, 5.74) is 2.62. The number of aliphatic carboxylic acids is 1. The highest BCUT2D eigenvalue weighted by atomic mass is 16.4. The SMILES string of the molecule is CC(C)CC(C/C(=N\O)c1ccc2oc3ccccc3c2c1)C(=O)O. The van der Waals surface area contributed by atoms with Gasteiger partial charge in [0.1, 0.15) is 11.2 Å². The second-order valence-corrected chi connectivity index (χ2v) is 6.72. The third-order valence-corrected chi connectivity index (χ3v) is 4.38. The fraction of sp³-hybridized carbons (Fsp3) is 0.300. The Hall–Kier alpha value is -2.82. The van der Waals surface area contributed by atoms with Crippen molar-refractivity contribution in [3.63, 3.8) is 0 Å². The van der Waals surface area contributed by atoms with Crippen molar-refractivity contribution in [3.05, 3.63) is 48.0 Å². The molecular weight excluding hydrogens is 318 g/mol. The molecule has 0 saturated carbocycles. The van der Waals surface area contributed by atoms with Crippen LogP contribution in [0.3, 0.4) is 0 Å². The van der Waals surface area contributed by atoms with E-state index in [0.717, 1.165) is 21.9 Å². The van der Waals surface area contributed by atoms with Crippen molar-refractivity contribution in [1.82, 2.24) is 0 Å². The zero-order chi connectivity index (χ0) is 18.0. The van der Waals surface area contributed by atoms with E-state index in [9.17, 15) is 15.1 Å². The van der Waals surface area contributed by atoms with Gasteiger partial charge in [-0.1, -0.05) is 37.2 Å². The first-order valence-corrected chi connectivity index (χ1v) is 8.35. The quantitative estimate of drug-likeness (QED) is 0.380. The van der Waals surface area contributed by atoms with Gasteiger partial charge in [-0.25, -0.2) is 0 Å². The third-order valence-electron chi connectivity index (χ3n) is 4.38. The molecule has 3 rings (SSSR count). The van der Waals surface area contributed by atoms with Gasteiger partial charge in [0.25, 0.3) is 0 Å². The summed E-state index contributed by atoms with van der Waals surface area (Å²) < 4.78 is 5.80. The van der Waals surface area contributed by atoms with Crippen LogP contribution in [0.25, 0.3) is 21.9 Å². The van der Waals surface area contributed by atoms with Gasteiger partial charge in [-0.05, 0) is 36.6 Å². The second-order valence-electron chi connectivity index (χ2n) is 6.72. The topological polar surface area (TPSA) is 83.0 Å². The third kappa shape index (κ3) is 3.50. The Kier molecular flexibility index (Phi) is 4.74. The molecule has 2 aromatic carbocycles. The molecule has 5 nitrogen and oxygen atoms in total. The predicted octanol–water partition coefficient (Wildman–Crippen LogP) is 4.90. The van der Waals surface area contributed by atoms with E-state index in [1.807, 2.05) is 50.2 Å². The molecule has 0 bridgehead atoms. The number of carboxylic acid groups (broad SMARTS) is 1. The predicted molar refractivity (Wildman–Crippen MR) is 97.2 cm³/mol. The molecule has 0 radical (unpaired) electrons. The lowest BCUT2D eigenvalue weighted by molar-refractivity contribution is -0.142. The lowest BCUT2D eigenvalue weighted by Crippen LogP contribution is -2.20. The molecule has 1 unspecified atom stereocenters. The van der Waals surface area contributed by atoms with Gasteiger partial charge in [0.05, 0.1) is 11.6 Å². The van der Waals surface area contributed by atoms with Crippen LogP contribution >= 0.6 is 0 Å². The van der Waals surface area contributed by atoms with Crippen LogP contribution in [0.1, 0.15) is 32.3 Å². The van der Waals surface area contributed by atoms with Gasteiger partial charge in [-0.3, -0.25) is 4.79 Å². The number of hydrogen-bond acceptors (Lipinski definition) is 4. The minimum atomic E-state index is -0.871. The Bertz CT molecular complexity index is 939. The highest BCUT2D eigenvalue weighted by Crippen LogP contribution is 2.30. The van der Waals surface area contributed by atoms with Crippen molar-refractivity contribution in [2.24, 2.45) is 17.0 Å². The highest BCUT2D eigenvalue weighted by Gasteiger charge is 2.23. The number of furan rings is 1. The lowest BCUT2D eigenvalue weighted by Gasteiger charge is -2.15. The molecule has 3 aromatic rings. The van der Waals surface area contributed by atoms with E-state index in [1.54, 1.807) is 6.07 Å². The van der Waals surface area contributed by atoms with Crippen molar-refractivity contribution in [1.29, 1.82) is 0 Å². The van der Waals surface area contributed by atoms with Crippen molar-refractivity contribution in [3.8, 4) is 0 Å². The van der Waals surface area contributed by atoms with Gasteiger partial charge in [-0.15, -0.1) is 0 Å². The Morgan fingerprint density at radius 1 is 1.12 bits per heavy atom. The highest BCUT2D eigenvalue weighted by molar-refractivity contribution is 6.10. The monoisotopic (exact) mass is 339 g/mol. The number of nitrogens with zero attached hydrogens (tertiary/aromatic N) is 1. The number of para-hydroxylation sites is 1. The zero-order valence-electron chi connectivity index (χ0n) is 14.3. The minimum Gasteiger partial charge on any atom is -0.481 e. The summed E-state index contributed by atoms with van der Waals surface area (Å²) in [5.74, 6) is -1.20. The smallest absolute Gasteiger partial charge is 0.306 e. The van der Waals surface area contributed by atoms with Crippen LogP contribution in [-0.2, 0) is 4.79 Å². The van der Waals surface area contributed by atoms with Crippen molar-refractivity contribution in [2.45, 2.75) is 26.7 Å². The largest absolute Gasteiger partial charge is 0.481 e. The van der Waals surface area contributed by atoms with E-state index >= 15 is 0 Å².